The summed E-state index contributed by atoms with van der Waals surface area (Å²) in [7, 11) is 0. The minimum atomic E-state index is -1.15. The summed E-state index contributed by atoms with van der Waals surface area (Å²) >= 11 is 0. The summed E-state index contributed by atoms with van der Waals surface area (Å²) in [6.07, 6.45) is 3.83. The van der Waals surface area contributed by atoms with Crippen LogP contribution in [0.4, 0.5) is 0 Å². The summed E-state index contributed by atoms with van der Waals surface area (Å²) in [5.74, 6) is -0.978. The number of nitrogens with one attached hydrogen (secondary N) is 1. The zero-order chi connectivity index (χ0) is 13.2. The van der Waals surface area contributed by atoms with Gasteiger partial charge in [0.15, 0.2) is 0 Å². The Morgan fingerprint density at radius 1 is 1.44 bits per heavy atom. The highest BCUT2D eigenvalue weighted by Crippen LogP contribution is 2.41. The van der Waals surface area contributed by atoms with Gasteiger partial charge in [-0.15, -0.1) is 0 Å². The fourth-order valence-electron chi connectivity index (χ4n) is 2.84. The van der Waals surface area contributed by atoms with Gasteiger partial charge in [0.05, 0.1) is 6.10 Å². The number of carbonyl (C=O) groups is 2. The Bertz CT molecular complexity index is 338. The van der Waals surface area contributed by atoms with Crippen molar-refractivity contribution in [2.75, 3.05) is 13.2 Å². The summed E-state index contributed by atoms with van der Waals surface area (Å²) in [6, 6.07) is 0. The maximum absolute atomic E-state index is 12.0. The molecule has 18 heavy (non-hydrogen) atoms. The highest BCUT2D eigenvalue weighted by atomic mass is 16.5. The molecule has 2 unspecified atom stereocenters. The third-order valence-corrected chi connectivity index (χ3v) is 4.32. The SMILES string of the molecule is CCC1OCCC1CNC(=O)C1(C(=O)O)CCC1. The minimum absolute atomic E-state index is 0.201. The molecule has 1 aliphatic carbocycles. The van der Waals surface area contributed by atoms with E-state index in [-0.39, 0.29) is 12.0 Å². The molecule has 2 aliphatic rings. The molecule has 2 atom stereocenters. The van der Waals surface area contributed by atoms with Gasteiger partial charge >= 0.3 is 5.97 Å². The molecule has 102 valence electrons. The lowest BCUT2D eigenvalue weighted by atomic mass is 9.68. The molecule has 5 heteroatoms. The van der Waals surface area contributed by atoms with Gasteiger partial charge in [0.2, 0.25) is 5.91 Å². The molecule has 2 fully saturated rings. The highest BCUT2D eigenvalue weighted by molar-refractivity contribution is 6.02. The van der Waals surface area contributed by atoms with E-state index < -0.39 is 11.4 Å². The Morgan fingerprint density at radius 2 is 2.17 bits per heavy atom. The van der Waals surface area contributed by atoms with Crippen LogP contribution < -0.4 is 5.32 Å². The molecule has 0 aromatic carbocycles. The lowest BCUT2D eigenvalue weighted by molar-refractivity contribution is -0.162. The van der Waals surface area contributed by atoms with Gasteiger partial charge in [-0.3, -0.25) is 9.59 Å². The molecule has 1 amide bonds. The Hall–Kier alpha value is -1.10. The number of aliphatic carboxylic acids is 1. The Morgan fingerprint density at radius 3 is 2.67 bits per heavy atom. The van der Waals surface area contributed by atoms with Gasteiger partial charge < -0.3 is 15.2 Å². The van der Waals surface area contributed by atoms with Crippen molar-refractivity contribution >= 4 is 11.9 Å². The number of amides is 1. The van der Waals surface area contributed by atoms with Crippen molar-refractivity contribution in [2.45, 2.75) is 45.1 Å². The van der Waals surface area contributed by atoms with Crippen LogP contribution >= 0.6 is 0 Å². The molecule has 1 heterocycles. The molecule has 0 bridgehead atoms. The van der Waals surface area contributed by atoms with Crippen LogP contribution in [0.3, 0.4) is 0 Å². The van der Waals surface area contributed by atoms with E-state index in [2.05, 4.69) is 12.2 Å². The average Bonchev–Trinajstić information content (AvgIpc) is 2.71. The second-order valence-corrected chi connectivity index (χ2v) is 5.32. The minimum Gasteiger partial charge on any atom is -0.480 e. The first-order valence-electron chi connectivity index (χ1n) is 6.73. The summed E-state index contributed by atoms with van der Waals surface area (Å²) in [5.41, 5.74) is -1.15. The molecule has 0 radical (unpaired) electrons. The van der Waals surface area contributed by atoms with Crippen molar-refractivity contribution in [1.29, 1.82) is 0 Å². The molecule has 0 aromatic rings. The Kier molecular flexibility index (Phi) is 3.90. The van der Waals surface area contributed by atoms with Crippen LogP contribution in [0.1, 0.15) is 39.0 Å². The highest BCUT2D eigenvalue weighted by Gasteiger charge is 2.51. The number of rotatable bonds is 5. The predicted octanol–water partition coefficient (Wildman–Crippen LogP) is 1.17. The average molecular weight is 255 g/mol. The van der Waals surface area contributed by atoms with E-state index in [0.717, 1.165) is 25.9 Å². The fourth-order valence-corrected chi connectivity index (χ4v) is 2.84. The monoisotopic (exact) mass is 255 g/mol. The molecular weight excluding hydrogens is 234 g/mol. The van der Waals surface area contributed by atoms with Gasteiger partial charge in [-0.25, -0.2) is 0 Å². The van der Waals surface area contributed by atoms with E-state index in [0.29, 0.717) is 25.3 Å². The summed E-state index contributed by atoms with van der Waals surface area (Å²) < 4.78 is 5.55. The predicted molar refractivity (Wildman–Crippen MR) is 65.1 cm³/mol. The van der Waals surface area contributed by atoms with E-state index in [1.165, 1.54) is 0 Å². The molecule has 1 saturated carbocycles. The molecule has 2 N–H and O–H groups in total. The Labute approximate surface area is 107 Å². The summed E-state index contributed by atoms with van der Waals surface area (Å²) in [5, 5.41) is 12.0. The molecule has 1 aliphatic heterocycles. The van der Waals surface area contributed by atoms with E-state index in [4.69, 9.17) is 9.84 Å². The maximum Gasteiger partial charge on any atom is 0.319 e. The molecule has 0 spiro atoms. The van der Waals surface area contributed by atoms with Crippen molar-refractivity contribution < 1.29 is 19.4 Å². The first-order chi connectivity index (χ1) is 8.60. The van der Waals surface area contributed by atoms with E-state index in [1.807, 2.05) is 0 Å². The smallest absolute Gasteiger partial charge is 0.319 e. The quantitative estimate of drug-likeness (QED) is 0.723. The first-order valence-corrected chi connectivity index (χ1v) is 6.73. The van der Waals surface area contributed by atoms with E-state index in [1.54, 1.807) is 0 Å². The number of hydrogen-bond donors (Lipinski definition) is 2. The third kappa shape index (κ3) is 2.23. The molecule has 5 nitrogen and oxygen atoms in total. The van der Waals surface area contributed by atoms with Gasteiger partial charge in [-0.05, 0) is 25.7 Å². The zero-order valence-corrected chi connectivity index (χ0v) is 10.8. The lowest BCUT2D eigenvalue weighted by Gasteiger charge is -2.36. The number of carboxylic acids is 1. The van der Waals surface area contributed by atoms with Crippen LogP contribution in [-0.2, 0) is 14.3 Å². The maximum atomic E-state index is 12.0. The van der Waals surface area contributed by atoms with Crippen molar-refractivity contribution in [3.05, 3.63) is 0 Å². The molecule has 1 saturated heterocycles. The second-order valence-electron chi connectivity index (χ2n) is 5.32. The van der Waals surface area contributed by atoms with Crippen LogP contribution in [0.2, 0.25) is 0 Å². The van der Waals surface area contributed by atoms with Gasteiger partial charge in [-0.1, -0.05) is 13.3 Å². The number of hydrogen-bond acceptors (Lipinski definition) is 3. The van der Waals surface area contributed by atoms with Crippen molar-refractivity contribution in [1.82, 2.24) is 5.32 Å². The standard InChI is InChI=1S/C13H21NO4/c1-2-10-9(4-7-18-10)8-14-11(15)13(12(16)17)5-3-6-13/h9-10H,2-8H2,1H3,(H,14,15)(H,16,17). The molecular formula is C13H21NO4. The van der Waals surface area contributed by atoms with Crippen LogP contribution in [0, 0.1) is 11.3 Å². The van der Waals surface area contributed by atoms with E-state index in [9.17, 15) is 9.59 Å². The third-order valence-electron chi connectivity index (χ3n) is 4.32. The largest absolute Gasteiger partial charge is 0.480 e. The number of carbonyl (C=O) groups excluding carboxylic acids is 1. The van der Waals surface area contributed by atoms with Crippen molar-refractivity contribution in [3.63, 3.8) is 0 Å². The van der Waals surface area contributed by atoms with Crippen molar-refractivity contribution in [2.24, 2.45) is 11.3 Å². The zero-order valence-electron chi connectivity index (χ0n) is 10.8. The van der Waals surface area contributed by atoms with Crippen molar-refractivity contribution in [3.8, 4) is 0 Å². The molecule has 2 rings (SSSR count). The van der Waals surface area contributed by atoms with Gasteiger partial charge in [0, 0.05) is 19.1 Å². The lowest BCUT2D eigenvalue weighted by Crippen LogP contribution is -2.52. The second kappa shape index (κ2) is 5.26. The van der Waals surface area contributed by atoms with Crippen LogP contribution in [0.25, 0.3) is 0 Å². The van der Waals surface area contributed by atoms with Crippen LogP contribution in [0.15, 0.2) is 0 Å². The number of ether oxygens (including phenoxy) is 1. The Balaban J connectivity index is 1.86. The first kappa shape index (κ1) is 13.3. The summed E-state index contributed by atoms with van der Waals surface area (Å²) in [4.78, 5) is 23.2. The number of carboxylic acid groups (broad SMARTS) is 1. The topological polar surface area (TPSA) is 75.6 Å². The van der Waals surface area contributed by atoms with Crippen LogP contribution in [0.5, 0.6) is 0 Å². The van der Waals surface area contributed by atoms with Crippen LogP contribution in [-0.4, -0.2) is 36.2 Å². The fraction of sp³-hybridized carbons (Fsp3) is 0.846. The van der Waals surface area contributed by atoms with E-state index >= 15 is 0 Å². The van der Waals surface area contributed by atoms with Gasteiger partial charge in [0.25, 0.3) is 0 Å². The summed E-state index contributed by atoms with van der Waals surface area (Å²) in [6.45, 7) is 3.34. The molecule has 0 aromatic heterocycles. The van der Waals surface area contributed by atoms with Gasteiger partial charge in [0.1, 0.15) is 5.41 Å². The normalized spacial score (nSPS) is 29.6. The van der Waals surface area contributed by atoms with Gasteiger partial charge in [-0.2, -0.15) is 0 Å².